The van der Waals surface area contributed by atoms with Gasteiger partial charge < -0.3 is 10.6 Å². The van der Waals surface area contributed by atoms with Crippen molar-refractivity contribution in [2.75, 3.05) is 10.6 Å². The topological polar surface area (TPSA) is 41.1 Å². The normalized spacial score (nSPS) is 10.7. The lowest BCUT2D eigenvalue weighted by Crippen LogP contribution is -2.16. The first kappa shape index (κ1) is 20.8. The van der Waals surface area contributed by atoms with E-state index < -0.39 is 11.6 Å². The number of carbonyl (C=O) groups excluding carboxylic acids is 1. The number of amides is 1. The first-order valence-corrected chi connectivity index (χ1v) is 9.11. The van der Waals surface area contributed by atoms with Crippen molar-refractivity contribution < 1.29 is 18.0 Å². The molecule has 0 heterocycles. The molecule has 2 rings (SSSR count). The fourth-order valence-corrected chi connectivity index (χ4v) is 2.84. The van der Waals surface area contributed by atoms with Crippen LogP contribution in [0.5, 0.6) is 0 Å². The van der Waals surface area contributed by atoms with Crippen molar-refractivity contribution in [1.82, 2.24) is 0 Å². The Morgan fingerprint density at radius 2 is 1.52 bits per heavy atom. The molecule has 0 aromatic heterocycles. The van der Waals surface area contributed by atoms with Gasteiger partial charge in [0.2, 0.25) is 5.91 Å². The summed E-state index contributed by atoms with van der Waals surface area (Å²) in [5, 5.41) is 5.37. The second-order valence-corrected chi connectivity index (χ2v) is 6.61. The summed E-state index contributed by atoms with van der Waals surface area (Å²) >= 11 is 0. The molecule has 0 bridgehead atoms. The summed E-state index contributed by atoms with van der Waals surface area (Å²) in [4.78, 5) is 12.0. The Morgan fingerprint density at radius 1 is 0.926 bits per heavy atom. The van der Waals surface area contributed by atoms with E-state index in [1.54, 1.807) is 12.1 Å². The van der Waals surface area contributed by atoms with Gasteiger partial charge in [-0.05, 0) is 38.0 Å². The van der Waals surface area contributed by atoms with E-state index >= 15 is 0 Å². The van der Waals surface area contributed by atoms with Crippen LogP contribution in [0.2, 0.25) is 0 Å². The van der Waals surface area contributed by atoms with Crippen molar-refractivity contribution in [3.8, 4) is 0 Å². The molecular formula is C21H25F3N2O. The van der Waals surface area contributed by atoms with E-state index in [1.807, 2.05) is 6.92 Å². The van der Waals surface area contributed by atoms with Crippen molar-refractivity contribution in [2.45, 2.75) is 53.0 Å². The summed E-state index contributed by atoms with van der Waals surface area (Å²) in [6.45, 7) is 5.20. The van der Waals surface area contributed by atoms with Gasteiger partial charge in [0, 0.05) is 24.1 Å². The van der Waals surface area contributed by atoms with Gasteiger partial charge in [-0.3, -0.25) is 4.79 Å². The van der Waals surface area contributed by atoms with Crippen LogP contribution in [-0.2, 0) is 11.3 Å². The van der Waals surface area contributed by atoms with Crippen LogP contribution in [-0.4, -0.2) is 5.91 Å². The summed E-state index contributed by atoms with van der Waals surface area (Å²) in [5.74, 6) is -2.12. The average Bonchev–Trinajstić information content (AvgIpc) is 2.65. The first-order chi connectivity index (χ1) is 12.8. The molecule has 6 heteroatoms. The maximum Gasteiger partial charge on any atom is 0.224 e. The molecule has 0 saturated carbocycles. The van der Waals surface area contributed by atoms with Crippen molar-refractivity contribution >= 4 is 17.3 Å². The number of rotatable bonds is 8. The Labute approximate surface area is 158 Å². The maximum atomic E-state index is 14.7. The van der Waals surface area contributed by atoms with Crippen molar-refractivity contribution in [2.24, 2.45) is 0 Å². The van der Waals surface area contributed by atoms with Crippen LogP contribution in [0.1, 0.15) is 49.3 Å². The van der Waals surface area contributed by atoms with E-state index in [0.29, 0.717) is 12.0 Å². The zero-order chi connectivity index (χ0) is 20.0. The number of carbonyl (C=O) groups is 1. The number of unbranched alkanes of at least 4 members (excludes halogenated alkanes) is 2. The molecule has 0 atom stereocenters. The van der Waals surface area contributed by atoms with E-state index in [9.17, 15) is 18.0 Å². The van der Waals surface area contributed by atoms with Gasteiger partial charge in [-0.2, -0.15) is 0 Å². The molecule has 0 unspecified atom stereocenters. The predicted molar refractivity (Wildman–Crippen MR) is 102 cm³/mol. The van der Waals surface area contributed by atoms with Crippen LogP contribution in [0.15, 0.2) is 24.3 Å². The molecule has 0 fully saturated rings. The number of hydrogen-bond donors (Lipinski definition) is 2. The third-order valence-corrected chi connectivity index (χ3v) is 4.50. The number of hydrogen-bond acceptors (Lipinski definition) is 2. The molecule has 1 amide bonds. The van der Waals surface area contributed by atoms with E-state index in [2.05, 4.69) is 10.6 Å². The standard InChI is InChI=1S/C21H25F3N2O/c1-4-5-6-7-17(27)26-20-13(2)18(23)21(19(24)14(20)3)25-12-15-8-10-16(22)11-9-15/h8-11,25H,4-7,12H2,1-3H3,(H,26,27). The highest BCUT2D eigenvalue weighted by Gasteiger charge is 2.21. The molecule has 0 saturated heterocycles. The molecule has 0 aliphatic carbocycles. The van der Waals surface area contributed by atoms with Gasteiger partial charge in [-0.15, -0.1) is 0 Å². The third kappa shape index (κ3) is 5.25. The highest BCUT2D eigenvalue weighted by molar-refractivity contribution is 5.92. The Kier molecular flexibility index (Phi) is 7.28. The van der Waals surface area contributed by atoms with Gasteiger partial charge in [-0.25, -0.2) is 13.2 Å². The van der Waals surface area contributed by atoms with Crippen molar-refractivity contribution in [3.63, 3.8) is 0 Å². The quantitative estimate of drug-likeness (QED) is 0.566. The number of anilines is 2. The predicted octanol–water partition coefficient (Wildman–Crippen LogP) is 5.85. The Balaban J connectivity index is 2.18. The first-order valence-electron chi connectivity index (χ1n) is 9.11. The number of halogens is 3. The third-order valence-electron chi connectivity index (χ3n) is 4.50. The average molecular weight is 378 g/mol. The van der Waals surface area contributed by atoms with E-state index in [-0.39, 0.29) is 40.8 Å². The van der Waals surface area contributed by atoms with E-state index in [4.69, 9.17) is 0 Å². The molecule has 3 nitrogen and oxygen atoms in total. The zero-order valence-electron chi connectivity index (χ0n) is 15.9. The Hall–Kier alpha value is -2.50. The monoisotopic (exact) mass is 378 g/mol. The van der Waals surface area contributed by atoms with Crippen LogP contribution in [0, 0.1) is 31.3 Å². The lowest BCUT2D eigenvalue weighted by atomic mass is 10.0. The van der Waals surface area contributed by atoms with Crippen LogP contribution in [0.25, 0.3) is 0 Å². The Morgan fingerprint density at radius 3 is 2.07 bits per heavy atom. The summed E-state index contributed by atoms with van der Waals surface area (Å²) in [6.07, 6.45) is 2.98. The minimum absolute atomic E-state index is 0.149. The minimum Gasteiger partial charge on any atom is -0.376 e. The number of nitrogens with one attached hydrogen (secondary N) is 2. The van der Waals surface area contributed by atoms with Gasteiger partial charge in [0.25, 0.3) is 0 Å². The van der Waals surface area contributed by atoms with E-state index in [1.165, 1.54) is 26.0 Å². The summed E-state index contributed by atoms with van der Waals surface area (Å²) < 4.78 is 42.4. The fraction of sp³-hybridized carbons (Fsp3) is 0.381. The fourth-order valence-electron chi connectivity index (χ4n) is 2.84. The highest BCUT2D eigenvalue weighted by Crippen LogP contribution is 2.33. The van der Waals surface area contributed by atoms with Gasteiger partial charge >= 0.3 is 0 Å². The molecule has 0 radical (unpaired) electrons. The summed E-state index contributed by atoms with van der Waals surface area (Å²) in [7, 11) is 0. The van der Waals surface area contributed by atoms with Crippen molar-refractivity contribution in [1.29, 1.82) is 0 Å². The molecule has 2 aromatic rings. The second-order valence-electron chi connectivity index (χ2n) is 6.61. The SMILES string of the molecule is CCCCCC(=O)Nc1c(C)c(F)c(NCc2ccc(F)cc2)c(F)c1C. The summed E-state index contributed by atoms with van der Waals surface area (Å²) in [5.41, 5.74) is 0.981. The van der Waals surface area contributed by atoms with Gasteiger partial charge in [-0.1, -0.05) is 31.9 Å². The zero-order valence-corrected chi connectivity index (χ0v) is 15.9. The van der Waals surface area contributed by atoms with Crippen LogP contribution in [0.3, 0.4) is 0 Å². The second kappa shape index (κ2) is 9.44. The van der Waals surface area contributed by atoms with E-state index in [0.717, 1.165) is 19.3 Å². The van der Waals surface area contributed by atoms with Crippen molar-refractivity contribution in [3.05, 3.63) is 58.4 Å². The molecule has 2 N–H and O–H groups in total. The van der Waals surface area contributed by atoms with Crippen LogP contribution >= 0.6 is 0 Å². The van der Waals surface area contributed by atoms with Crippen LogP contribution in [0.4, 0.5) is 24.5 Å². The van der Waals surface area contributed by atoms with Crippen LogP contribution < -0.4 is 10.6 Å². The molecular weight excluding hydrogens is 353 g/mol. The molecule has 0 aliphatic rings. The molecule has 27 heavy (non-hydrogen) atoms. The van der Waals surface area contributed by atoms with Gasteiger partial charge in [0.1, 0.15) is 11.5 Å². The Bertz CT molecular complexity index is 775. The molecule has 0 spiro atoms. The highest BCUT2D eigenvalue weighted by atomic mass is 19.1. The number of benzene rings is 2. The lowest BCUT2D eigenvalue weighted by molar-refractivity contribution is -0.116. The molecule has 146 valence electrons. The molecule has 0 aliphatic heterocycles. The lowest BCUT2D eigenvalue weighted by Gasteiger charge is -2.18. The largest absolute Gasteiger partial charge is 0.376 e. The van der Waals surface area contributed by atoms with Gasteiger partial charge in [0.05, 0.1) is 5.69 Å². The smallest absolute Gasteiger partial charge is 0.224 e. The van der Waals surface area contributed by atoms with Gasteiger partial charge in [0.15, 0.2) is 11.6 Å². The summed E-state index contributed by atoms with van der Waals surface area (Å²) in [6, 6.07) is 5.67. The molecule has 2 aromatic carbocycles. The maximum absolute atomic E-state index is 14.7. The minimum atomic E-state index is -0.746.